The Balaban J connectivity index is 1.89. The zero-order valence-electron chi connectivity index (χ0n) is 12.1. The van der Waals surface area contributed by atoms with Gasteiger partial charge >= 0.3 is 0 Å². The van der Waals surface area contributed by atoms with Crippen LogP contribution in [0.25, 0.3) is 0 Å². The minimum absolute atomic E-state index is 0.0645. The number of piperidine rings is 1. The number of ether oxygens (including phenoxy) is 1. The molecule has 2 N–H and O–H groups in total. The molecule has 110 valence electrons. The smallest absolute Gasteiger partial charge is 0.239 e. The van der Waals surface area contributed by atoms with Gasteiger partial charge in [-0.3, -0.25) is 4.79 Å². The summed E-state index contributed by atoms with van der Waals surface area (Å²) in [6.45, 7) is 2.31. The zero-order chi connectivity index (χ0) is 14.4. The highest BCUT2D eigenvalue weighted by atomic mass is 16.5. The molecule has 0 bridgehead atoms. The molecule has 1 amide bonds. The van der Waals surface area contributed by atoms with Crippen LogP contribution in [0.3, 0.4) is 0 Å². The summed E-state index contributed by atoms with van der Waals surface area (Å²) >= 11 is 0. The molecule has 0 aliphatic carbocycles. The quantitative estimate of drug-likeness (QED) is 0.885. The summed E-state index contributed by atoms with van der Waals surface area (Å²) in [5.74, 6) is 0.510. The minimum atomic E-state index is -0.446. The molecule has 1 saturated heterocycles. The Morgan fingerprint density at radius 2 is 2.20 bits per heavy atom. The maximum atomic E-state index is 12.4. The molecule has 0 aromatic heterocycles. The molecular formula is C16H24N2O2. The third-order valence-corrected chi connectivity index (χ3v) is 3.85. The molecule has 1 fully saturated rings. The van der Waals surface area contributed by atoms with Crippen molar-refractivity contribution >= 4 is 5.91 Å². The molecule has 1 heterocycles. The van der Waals surface area contributed by atoms with Crippen molar-refractivity contribution in [2.75, 3.05) is 26.8 Å². The highest BCUT2D eigenvalue weighted by Crippen LogP contribution is 2.17. The second kappa shape index (κ2) is 7.41. The van der Waals surface area contributed by atoms with Crippen molar-refractivity contribution in [2.24, 2.45) is 11.7 Å². The molecule has 1 aliphatic rings. The lowest BCUT2D eigenvalue weighted by atomic mass is 9.97. The molecule has 1 aromatic rings. The van der Waals surface area contributed by atoms with E-state index in [1.165, 1.54) is 0 Å². The van der Waals surface area contributed by atoms with Gasteiger partial charge in [-0.25, -0.2) is 0 Å². The highest BCUT2D eigenvalue weighted by Gasteiger charge is 2.27. The predicted octanol–water partition coefficient (Wildman–Crippen LogP) is 1.44. The number of benzene rings is 1. The van der Waals surface area contributed by atoms with E-state index < -0.39 is 6.04 Å². The van der Waals surface area contributed by atoms with Crippen molar-refractivity contribution in [3.05, 3.63) is 35.9 Å². The fourth-order valence-electron chi connectivity index (χ4n) is 2.83. The van der Waals surface area contributed by atoms with Gasteiger partial charge in [0.1, 0.15) is 0 Å². The van der Waals surface area contributed by atoms with Crippen LogP contribution in [0.5, 0.6) is 0 Å². The Bertz CT molecular complexity index is 420. The second-order valence-corrected chi connectivity index (χ2v) is 5.54. The Kier molecular flexibility index (Phi) is 5.56. The van der Waals surface area contributed by atoms with Gasteiger partial charge in [-0.05, 0) is 30.7 Å². The van der Waals surface area contributed by atoms with Crippen molar-refractivity contribution < 1.29 is 9.53 Å². The standard InChI is InChI=1S/C16H24N2O2/c1-20-12-14-8-5-9-18(11-14)16(19)15(17)10-13-6-3-2-4-7-13/h2-4,6-7,14-15H,5,8-12,17H2,1H3/t14?,15-/m1/s1. The van der Waals surface area contributed by atoms with E-state index in [0.29, 0.717) is 12.3 Å². The van der Waals surface area contributed by atoms with Gasteiger partial charge in [0.2, 0.25) is 5.91 Å². The molecule has 4 nitrogen and oxygen atoms in total. The minimum Gasteiger partial charge on any atom is -0.384 e. The second-order valence-electron chi connectivity index (χ2n) is 5.54. The van der Waals surface area contributed by atoms with Crippen molar-refractivity contribution in [2.45, 2.75) is 25.3 Å². The van der Waals surface area contributed by atoms with Gasteiger partial charge < -0.3 is 15.4 Å². The molecule has 20 heavy (non-hydrogen) atoms. The van der Waals surface area contributed by atoms with Gasteiger partial charge in [0.25, 0.3) is 0 Å². The molecule has 0 spiro atoms. The van der Waals surface area contributed by atoms with E-state index in [0.717, 1.165) is 38.1 Å². The van der Waals surface area contributed by atoms with Crippen LogP contribution >= 0.6 is 0 Å². The third-order valence-electron chi connectivity index (χ3n) is 3.85. The van der Waals surface area contributed by atoms with Gasteiger partial charge in [-0.2, -0.15) is 0 Å². The topological polar surface area (TPSA) is 55.6 Å². The number of hydrogen-bond acceptors (Lipinski definition) is 3. The van der Waals surface area contributed by atoms with Crippen LogP contribution in [-0.2, 0) is 16.0 Å². The first kappa shape index (κ1) is 15.0. The van der Waals surface area contributed by atoms with E-state index in [1.54, 1.807) is 7.11 Å². The van der Waals surface area contributed by atoms with Gasteiger partial charge in [0, 0.05) is 20.2 Å². The fraction of sp³-hybridized carbons (Fsp3) is 0.562. The molecule has 1 unspecified atom stereocenters. The van der Waals surface area contributed by atoms with E-state index in [4.69, 9.17) is 10.5 Å². The SMILES string of the molecule is COCC1CCCN(C(=O)[C@H](N)Cc2ccccc2)C1. The normalized spacial score (nSPS) is 20.7. The van der Waals surface area contributed by atoms with E-state index in [1.807, 2.05) is 35.2 Å². The van der Waals surface area contributed by atoms with Crippen molar-refractivity contribution in [1.82, 2.24) is 4.90 Å². The Morgan fingerprint density at radius 3 is 2.90 bits per heavy atom. The van der Waals surface area contributed by atoms with Gasteiger partial charge in [-0.15, -0.1) is 0 Å². The molecule has 2 atom stereocenters. The summed E-state index contributed by atoms with van der Waals surface area (Å²) < 4.78 is 5.20. The Labute approximate surface area is 120 Å². The van der Waals surface area contributed by atoms with Gasteiger partial charge in [-0.1, -0.05) is 30.3 Å². The molecule has 2 rings (SSSR count). The summed E-state index contributed by atoms with van der Waals surface area (Å²) in [5.41, 5.74) is 7.19. The number of methoxy groups -OCH3 is 1. The number of nitrogens with zero attached hydrogens (tertiary/aromatic N) is 1. The summed E-state index contributed by atoms with van der Waals surface area (Å²) in [6, 6.07) is 9.49. The molecule has 0 radical (unpaired) electrons. The lowest BCUT2D eigenvalue weighted by molar-refractivity contribution is -0.134. The van der Waals surface area contributed by atoms with Gasteiger partial charge in [0.15, 0.2) is 0 Å². The first-order valence-electron chi connectivity index (χ1n) is 7.28. The highest BCUT2D eigenvalue weighted by molar-refractivity contribution is 5.82. The van der Waals surface area contributed by atoms with E-state index in [9.17, 15) is 4.79 Å². The van der Waals surface area contributed by atoms with E-state index in [2.05, 4.69) is 0 Å². The maximum absolute atomic E-state index is 12.4. The number of rotatable bonds is 5. The molecule has 1 aliphatic heterocycles. The molecule has 1 aromatic carbocycles. The molecule has 0 saturated carbocycles. The summed E-state index contributed by atoms with van der Waals surface area (Å²) in [6.07, 6.45) is 2.77. The number of hydrogen-bond donors (Lipinski definition) is 1. The number of likely N-dealkylation sites (tertiary alicyclic amines) is 1. The van der Waals surface area contributed by atoms with Gasteiger partial charge in [0.05, 0.1) is 12.6 Å². The first-order chi connectivity index (χ1) is 9.70. The summed E-state index contributed by atoms with van der Waals surface area (Å²) in [7, 11) is 1.71. The van der Waals surface area contributed by atoms with Crippen LogP contribution in [0, 0.1) is 5.92 Å². The van der Waals surface area contributed by atoms with Crippen molar-refractivity contribution in [1.29, 1.82) is 0 Å². The molecular weight excluding hydrogens is 252 g/mol. The van der Waals surface area contributed by atoms with E-state index in [-0.39, 0.29) is 5.91 Å². The Hall–Kier alpha value is -1.39. The molecule has 4 heteroatoms. The lowest BCUT2D eigenvalue weighted by Crippen LogP contribution is -2.49. The van der Waals surface area contributed by atoms with Crippen LogP contribution in [0.2, 0.25) is 0 Å². The fourth-order valence-corrected chi connectivity index (χ4v) is 2.83. The zero-order valence-corrected chi connectivity index (χ0v) is 12.1. The summed E-state index contributed by atoms with van der Waals surface area (Å²) in [4.78, 5) is 14.3. The van der Waals surface area contributed by atoms with Crippen LogP contribution in [-0.4, -0.2) is 43.7 Å². The van der Waals surface area contributed by atoms with E-state index >= 15 is 0 Å². The van der Waals surface area contributed by atoms with Crippen LogP contribution in [0.1, 0.15) is 18.4 Å². The van der Waals surface area contributed by atoms with Crippen LogP contribution < -0.4 is 5.73 Å². The third kappa shape index (κ3) is 4.05. The number of carbonyl (C=O) groups is 1. The summed E-state index contributed by atoms with van der Waals surface area (Å²) in [5, 5.41) is 0. The average molecular weight is 276 g/mol. The Morgan fingerprint density at radius 1 is 1.45 bits per heavy atom. The average Bonchev–Trinajstić information content (AvgIpc) is 2.48. The number of carbonyl (C=O) groups excluding carboxylic acids is 1. The lowest BCUT2D eigenvalue weighted by Gasteiger charge is -2.34. The van der Waals surface area contributed by atoms with Crippen molar-refractivity contribution in [3.8, 4) is 0 Å². The van der Waals surface area contributed by atoms with Crippen molar-refractivity contribution in [3.63, 3.8) is 0 Å². The number of nitrogens with two attached hydrogens (primary N) is 1. The number of amides is 1. The van der Waals surface area contributed by atoms with Crippen LogP contribution in [0.4, 0.5) is 0 Å². The predicted molar refractivity (Wildman–Crippen MR) is 79.3 cm³/mol. The van der Waals surface area contributed by atoms with Crippen LogP contribution in [0.15, 0.2) is 30.3 Å². The maximum Gasteiger partial charge on any atom is 0.239 e. The first-order valence-corrected chi connectivity index (χ1v) is 7.28. The monoisotopic (exact) mass is 276 g/mol. The largest absolute Gasteiger partial charge is 0.384 e.